The summed E-state index contributed by atoms with van der Waals surface area (Å²) in [5.74, 6) is 0. The van der Waals surface area contributed by atoms with Crippen LogP contribution in [-0.4, -0.2) is 17.6 Å². The van der Waals surface area contributed by atoms with Crippen LogP contribution in [0.25, 0.3) is 0 Å². The molecule has 2 nitrogen and oxygen atoms in total. The minimum Gasteiger partial charge on any atom is -0.371 e. The van der Waals surface area contributed by atoms with Gasteiger partial charge in [-0.2, -0.15) is 5.26 Å². The highest BCUT2D eigenvalue weighted by Crippen LogP contribution is 2.63. The molecule has 2 fully saturated rings. The van der Waals surface area contributed by atoms with E-state index in [-0.39, 0.29) is 5.41 Å². The lowest BCUT2D eigenvalue weighted by molar-refractivity contribution is -0.0622. The molecule has 4 aliphatic carbocycles. The Kier molecular flexibility index (Phi) is 2.38. The second-order valence-electron chi connectivity index (χ2n) is 5.84. The van der Waals surface area contributed by atoms with Crippen molar-refractivity contribution < 1.29 is 4.74 Å². The summed E-state index contributed by atoms with van der Waals surface area (Å²) in [6.45, 7) is 0. The van der Waals surface area contributed by atoms with E-state index in [9.17, 15) is 5.26 Å². The van der Waals surface area contributed by atoms with E-state index in [1.54, 1.807) is 7.11 Å². The third kappa shape index (κ3) is 1.30. The summed E-state index contributed by atoms with van der Waals surface area (Å²) in [5, 5.41) is 9.46. The number of alkyl halides is 1. The van der Waals surface area contributed by atoms with Gasteiger partial charge in [0.1, 0.15) is 5.60 Å². The molecule has 1 spiro atoms. The first-order valence-electron chi connectivity index (χ1n) is 6.47. The van der Waals surface area contributed by atoms with Crippen molar-refractivity contribution >= 4 is 11.6 Å². The van der Waals surface area contributed by atoms with E-state index in [1.165, 1.54) is 31.3 Å². The van der Waals surface area contributed by atoms with Crippen molar-refractivity contribution in [1.29, 1.82) is 5.26 Å². The van der Waals surface area contributed by atoms with E-state index in [1.807, 2.05) is 0 Å². The van der Waals surface area contributed by atoms with Crippen LogP contribution in [0.1, 0.15) is 44.9 Å². The van der Waals surface area contributed by atoms with Gasteiger partial charge in [0, 0.05) is 7.11 Å². The maximum Gasteiger partial charge on any atom is 0.164 e. The molecule has 0 aromatic carbocycles. The number of fused-ring (bicyclic) bond motifs is 2. The zero-order chi connectivity index (χ0) is 12.1. The van der Waals surface area contributed by atoms with E-state index < -0.39 is 10.5 Å². The Morgan fingerprint density at radius 1 is 1.35 bits per heavy atom. The van der Waals surface area contributed by atoms with Gasteiger partial charge >= 0.3 is 0 Å². The third-order valence-corrected chi connectivity index (χ3v) is 5.75. The monoisotopic (exact) mass is 251 g/mol. The number of ether oxygens (including phenoxy) is 1. The molecule has 0 aliphatic heterocycles. The summed E-state index contributed by atoms with van der Waals surface area (Å²) in [6, 6.07) is 2.33. The first-order valence-corrected chi connectivity index (χ1v) is 6.85. The lowest BCUT2D eigenvalue weighted by Gasteiger charge is -2.58. The van der Waals surface area contributed by atoms with E-state index in [0.29, 0.717) is 0 Å². The minimum atomic E-state index is -0.860. The summed E-state index contributed by atoms with van der Waals surface area (Å²) in [7, 11) is 1.69. The molecule has 0 aromatic rings. The molecular weight excluding hydrogens is 234 g/mol. The molecule has 2 saturated carbocycles. The molecule has 0 unspecified atom stereocenters. The third-order valence-electron chi connectivity index (χ3n) is 5.21. The molecule has 4 aliphatic rings. The molecule has 2 bridgehead atoms. The predicted octanol–water partition coefficient (Wildman–Crippen LogP) is 3.56. The lowest BCUT2D eigenvalue weighted by Crippen LogP contribution is -2.61. The smallest absolute Gasteiger partial charge is 0.164 e. The summed E-state index contributed by atoms with van der Waals surface area (Å²) >= 11 is 6.60. The highest BCUT2D eigenvalue weighted by Gasteiger charge is 2.63. The van der Waals surface area contributed by atoms with Crippen LogP contribution in [0.4, 0.5) is 0 Å². The molecule has 0 heterocycles. The second kappa shape index (κ2) is 3.49. The van der Waals surface area contributed by atoms with Gasteiger partial charge in [-0.25, -0.2) is 0 Å². The topological polar surface area (TPSA) is 33.0 Å². The first kappa shape index (κ1) is 11.6. The molecule has 92 valence electrons. The van der Waals surface area contributed by atoms with Gasteiger partial charge in [-0.1, -0.05) is 29.7 Å². The van der Waals surface area contributed by atoms with Gasteiger partial charge in [-0.05, 0) is 43.9 Å². The van der Waals surface area contributed by atoms with Crippen molar-refractivity contribution in [3.63, 3.8) is 0 Å². The maximum atomic E-state index is 9.46. The van der Waals surface area contributed by atoms with Gasteiger partial charge < -0.3 is 4.74 Å². The fourth-order valence-electron chi connectivity index (χ4n) is 4.17. The normalized spacial score (nSPS) is 48.2. The van der Waals surface area contributed by atoms with Gasteiger partial charge in [0.15, 0.2) is 4.87 Å². The van der Waals surface area contributed by atoms with E-state index in [0.717, 1.165) is 19.3 Å². The Morgan fingerprint density at radius 3 is 2.88 bits per heavy atom. The number of methoxy groups -OCH3 is 1. The van der Waals surface area contributed by atoms with E-state index in [4.69, 9.17) is 16.3 Å². The summed E-state index contributed by atoms with van der Waals surface area (Å²) in [4.78, 5) is -0.860. The number of nitriles is 1. The Morgan fingerprint density at radius 2 is 2.18 bits per heavy atom. The fourth-order valence-corrected chi connectivity index (χ4v) is 4.65. The first-order chi connectivity index (χ1) is 8.10. The molecule has 0 N–H and O–H groups in total. The number of halogens is 1. The van der Waals surface area contributed by atoms with Crippen LogP contribution in [0.15, 0.2) is 11.6 Å². The molecule has 4 rings (SSSR count). The molecule has 17 heavy (non-hydrogen) atoms. The van der Waals surface area contributed by atoms with Crippen LogP contribution in [0, 0.1) is 16.7 Å². The zero-order valence-electron chi connectivity index (χ0n) is 10.3. The molecule has 0 radical (unpaired) electrons. The predicted molar refractivity (Wildman–Crippen MR) is 66.8 cm³/mol. The number of allylic oxidation sites excluding steroid dienone is 1. The van der Waals surface area contributed by atoms with Crippen LogP contribution in [0.2, 0.25) is 0 Å². The van der Waals surface area contributed by atoms with Crippen molar-refractivity contribution in [3.8, 4) is 6.07 Å². The van der Waals surface area contributed by atoms with Crippen LogP contribution < -0.4 is 0 Å². The Hall–Kier alpha value is -0.520. The number of hydrogen-bond donors (Lipinski definition) is 0. The highest BCUT2D eigenvalue weighted by molar-refractivity contribution is 6.27. The van der Waals surface area contributed by atoms with Crippen molar-refractivity contribution in [2.75, 3.05) is 7.11 Å². The standard InChI is InChI=1S/C14H18ClNO/c1-17-14-7-6-12(9-13(14,15)10-16)5-3-2-4-11(12)8-14/h8H,2-7,9H2,1H3/t12-,13-,14+/m1/s1. The van der Waals surface area contributed by atoms with Crippen LogP contribution in [-0.2, 0) is 4.74 Å². The Bertz CT molecular complexity index is 426. The summed E-state index contributed by atoms with van der Waals surface area (Å²) in [6.07, 6.45) is 9.93. The second-order valence-corrected chi connectivity index (χ2v) is 6.49. The van der Waals surface area contributed by atoms with Crippen LogP contribution >= 0.6 is 11.6 Å². The van der Waals surface area contributed by atoms with Gasteiger partial charge in [0.25, 0.3) is 0 Å². The molecule has 0 amide bonds. The van der Waals surface area contributed by atoms with Gasteiger partial charge in [0.05, 0.1) is 6.07 Å². The average molecular weight is 252 g/mol. The fraction of sp³-hybridized carbons (Fsp3) is 0.786. The van der Waals surface area contributed by atoms with Crippen molar-refractivity contribution in [2.45, 2.75) is 55.4 Å². The average Bonchev–Trinajstić information content (AvgIpc) is 2.37. The van der Waals surface area contributed by atoms with E-state index in [2.05, 4.69) is 12.1 Å². The van der Waals surface area contributed by atoms with Gasteiger partial charge in [0.2, 0.25) is 0 Å². The Labute approximate surface area is 108 Å². The van der Waals surface area contributed by atoms with Gasteiger partial charge in [-0.3, -0.25) is 0 Å². The Balaban J connectivity index is 2.13. The van der Waals surface area contributed by atoms with Crippen LogP contribution in [0.3, 0.4) is 0 Å². The van der Waals surface area contributed by atoms with E-state index >= 15 is 0 Å². The lowest BCUT2D eigenvalue weighted by atomic mass is 9.51. The van der Waals surface area contributed by atoms with Crippen molar-refractivity contribution in [1.82, 2.24) is 0 Å². The van der Waals surface area contributed by atoms with Crippen molar-refractivity contribution in [2.24, 2.45) is 5.41 Å². The van der Waals surface area contributed by atoms with Crippen molar-refractivity contribution in [3.05, 3.63) is 11.6 Å². The minimum absolute atomic E-state index is 0.218. The largest absolute Gasteiger partial charge is 0.371 e. The maximum absolute atomic E-state index is 9.46. The molecular formula is C14H18ClNO. The van der Waals surface area contributed by atoms with Crippen LogP contribution in [0.5, 0.6) is 0 Å². The zero-order valence-corrected chi connectivity index (χ0v) is 11.0. The highest BCUT2D eigenvalue weighted by atomic mass is 35.5. The molecule has 3 heteroatoms. The summed E-state index contributed by atoms with van der Waals surface area (Å²) in [5.41, 5.74) is 1.19. The number of nitrogens with zero attached hydrogens (tertiary/aromatic N) is 1. The molecule has 3 atom stereocenters. The SMILES string of the molecule is CO[C@]12C=C3CCCC[C@@]3(CC1)C[C@@]2(Cl)C#N. The molecule has 0 saturated heterocycles. The quantitative estimate of drug-likeness (QED) is 0.527. The number of hydrogen-bond acceptors (Lipinski definition) is 2. The summed E-state index contributed by atoms with van der Waals surface area (Å²) < 4.78 is 5.69. The van der Waals surface area contributed by atoms with Gasteiger partial charge in [-0.15, -0.1) is 0 Å². The number of rotatable bonds is 1. The molecule has 0 aromatic heterocycles.